The van der Waals surface area contributed by atoms with E-state index in [1.54, 1.807) is 29.2 Å². The molecule has 0 unspecified atom stereocenters. The fourth-order valence-corrected chi connectivity index (χ4v) is 1.74. The van der Waals surface area contributed by atoms with Gasteiger partial charge in [0.2, 0.25) is 5.95 Å². The Balaban J connectivity index is 2.48. The lowest BCUT2D eigenvalue weighted by Gasteiger charge is -2.22. The first-order valence-corrected chi connectivity index (χ1v) is 5.54. The van der Waals surface area contributed by atoms with Gasteiger partial charge in [-0.3, -0.25) is 0 Å². The van der Waals surface area contributed by atoms with Crippen molar-refractivity contribution in [3.8, 4) is 0 Å². The van der Waals surface area contributed by atoms with Crippen LogP contribution in [0.1, 0.15) is 6.92 Å². The van der Waals surface area contributed by atoms with Crippen LogP contribution >= 0.6 is 0 Å². The first kappa shape index (κ1) is 12.1. The van der Waals surface area contributed by atoms with E-state index in [0.717, 1.165) is 0 Å². The minimum absolute atomic E-state index is 0.0692. The molecule has 0 radical (unpaired) electrons. The summed E-state index contributed by atoms with van der Waals surface area (Å²) in [5.41, 5.74) is 11.6. The van der Waals surface area contributed by atoms with Crippen LogP contribution in [0, 0.1) is 5.82 Å². The number of hydrogen-bond acceptors (Lipinski definition) is 5. The van der Waals surface area contributed by atoms with Gasteiger partial charge in [-0.05, 0) is 19.1 Å². The molecule has 0 atom stereocenters. The van der Waals surface area contributed by atoms with E-state index in [0.29, 0.717) is 18.1 Å². The first-order valence-electron chi connectivity index (χ1n) is 5.54. The number of hydrogen-bond donors (Lipinski definition) is 2. The molecule has 0 saturated carbocycles. The van der Waals surface area contributed by atoms with Gasteiger partial charge >= 0.3 is 0 Å². The van der Waals surface area contributed by atoms with Crippen LogP contribution in [0.3, 0.4) is 0 Å². The summed E-state index contributed by atoms with van der Waals surface area (Å²) in [5.74, 6) is 0.481. The quantitative estimate of drug-likeness (QED) is 0.866. The molecule has 0 fully saturated rings. The summed E-state index contributed by atoms with van der Waals surface area (Å²) in [6.45, 7) is 2.43. The van der Waals surface area contributed by atoms with Gasteiger partial charge in [0.15, 0.2) is 0 Å². The number of nitrogens with zero attached hydrogens (tertiary/aromatic N) is 3. The molecule has 1 heterocycles. The topological polar surface area (TPSA) is 81.1 Å². The van der Waals surface area contributed by atoms with Crippen LogP contribution in [0.5, 0.6) is 0 Å². The average Bonchev–Trinajstić information content (AvgIpc) is 2.31. The molecule has 0 saturated heterocycles. The molecule has 18 heavy (non-hydrogen) atoms. The second-order valence-corrected chi connectivity index (χ2v) is 3.70. The predicted molar refractivity (Wildman–Crippen MR) is 69.9 cm³/mol. The van der Waals surface area contributed by atoms with Crippen molar-refractivity contribution in [1.82, 2.24) is 9.97 Å². The van der Waals surface area contributed by atoms with Gasteiger partial charge in [0.05, 0.1) is 5.69 Å². The summed E-state index contributed by atoms with van der Waals surface area (Å²) < 4.78 is 13.8. The van der Waals surface area contributed by atoms with Gasteiger partial charge in [0.25, 0.3) is 0 Å². The predicted octanol–water partition coefficient (Wildman–Crippen LogP) is 1.94. The molecule has 4 N–H and O–H groups in total. The summed E-state index contributed by atoms with van der Waals surface area (Å²) in [6.07, 6.45) is 0. The highest BCUT2D eigenvalue weighted by molar-refractivity contribution is 5.63. The smallest absolute Gasteiger partial charge is 0.223 e. The molecule has 2 rings (SSSR count). The van der Waals surface area contributed by atoms with E-state index in [2.05, 4.69) is 9.97 Å². The lowest BCUT2D eigenvalue weighted by Crippen LogP contribution is -2.19. The molecule has 6 heteroatoms. The summed E-state index contributed by atoms with van der Waals surface area (Å²) in [4.78, 5) is 9.54. The van der Waals surface area contributed by atoms with Crippen LogP contribution in [0.25, 0.3) is 0 Å². The fraction of sp³-hybridized carbons (Fsp3) is 0.167. The van der Waals surface area contributed by atoms with Crippen LogP contribution in [-0.4, -0.2) is 16.5 Å². The zero-order valence-electron chi connectivity index (χ0n) is 9.97. The number of rotatable bonds is 3. The van der Waals surface area contributed by atoms with Gasteiger partial charge in [0, 0.05) is 12.6 Å². The molecule has 0 spiro atoms. The van der Waals surface area contributed by atoms with Crippen molar-refractivity contribution in [2.24, 2.45) is 0 Å². The Morgan fingerprint density at radius 1 is 1.22 bits per heavy atom. The van der Waals surface area contributed by atoms with E-state index in [4.69, 9.17) is 11.5 Å². The molecule has 2 aromatic rings. The summed E-state index contributed by atoms with van der Waals surface area (Å²) >= 11 is 0. The van der Waals surface area contributed by atoms with Gasteiger partial charge in [-0.1, -0.05) is 12.1 Å². The molecule has 0 aliphatic heterocycles. The lowest BCUT2D eigenvalue weighted by molar-refractivity contribution is 0.625. The molecule has 0 amide bonds. The van der Waals surface area contributed by atoms with Crippen molar-refractivity contribution in [3.63, 3.8) is 0 Å². The minimum atomic E-state index is -0.324. The van der Waals surface area contributed by atoms with Crippen molar-refractivity contribution < 1.29 is 4.39 Å². The van der Waals surface area contributed by atoms with E-state index >= 15 is 0 Å². The highest BCUT2D eigenvalue weighted by Gasteiger charge is 2.13. The highest BCUT2D eigenvalue weighted by Crippen LogP contribution is 2.27. The monoisotopic (exact) mass is 247 g/mol. The molecule has 1 aromatic heterocycles. The Bertz CT molecular complexity index is 538. The zero-order chi connectivity index (χ0) is 13.1. The summed E-state index contributed by atoms with van der Waals surface area (Å²) in [5, 5.41) is 0. The number of halogens is 1. The summed E-state index contributed by atoms with van der Waals surface area (Å²) in [6, 6.07) is 8.02. The Labute approximate surface area is 104 Å². The maximum absolute atomic E-state index is 13.8. The van der Waals surface area contributed by atoms with Gasteiger partial charge in [-0.2, -0.15) is 9.97 Å². The number of para-hydroxylation sites is 1. The van der Waals surface area contributed by atoms with Gasteiger partial charge in [0.1, 0.15) is 17.5 Å². The molecule has 0 aliphatic carbocycles. The van der Waals surface area contributed by atoms with Crippen LogP contribution in [0.15, 0.2) is 30.3 Å². The molecule has 94 valence electrons. The van der Waals surface area contributed by atoms with Crippen molar-refractivity contribution in [3.05, 3.63) is 36.1 Å². The normalized spacial score (nSPS) is 10.3. The van der Waals surface area contributed by atoms with Crippen LogP contribution < -0.4 is 16.4 Å². The third kappa shape index (κ3) is 2.32. The molecule has 1 aromatic carbocycles. The highest BCUT2D eigenvalue weighted by atomic mass is 19.1. The molecule has 0 aliphatic rings. The average molecular weight is 247 g/mol. The van der Waals surface area contributed by atoms with Crippen LogP contribution in [0.4, 0.5) is 27.7 Å². The standard InChI is InChI=1S/C12H14FN5/c1-2-18(9-6-4-3-5-8(9)13)11-7-10(14)16-12(15)17-11/h3-7H,2H2,1H3,(H4,14,15,16,17). The Morgan fingerprint density at radius 2 is 1.94 bits per heavy atom. The second-order valence-electron chi connectivity index (χ2n) is 3.70. The Hall–Kier alpha value is -2.37. The van der Waals surface area contributed by atoms with Gasteiger partial charge < -0.3 is 16.4 Å². The van der Waals surface area contributed by atoms with Gasteiger partial charge in [-0.15, -0.1) is 0 Å². The minimum Gasteiger partial charge on any atom is -0.383 e. The zero-order valence-corrected chi connectivity index (χ0v) is 9.97. The Kier molecular flexibility index (Phi) is 3.27. The van der Waals surface area contributed by atoms with E-state index in [-0.39, 0.29) is 17.6 Å². The molecular formula is C12H14FN5. The lowest BCUT2D eigenvalue weighted by atomic mass is 10.2. The number of benzene rings is 1. The Morgan fingerprint density at radius 3 is 2.56 bits per heavy atom. The van der Waals surface area contributed by atoms with Gasteiger partial charge in [-0.25, -0.2) is 4.39 Å². The molecule has 5 nitrogen and oxygen atoms in total. The van der Waals surface area contributed by atoms with E-state index in [9.17, 15) is 4.39 Å². The fourth-order valence-electron chi connectivity index (χ4n) is 1.74. The van der Waals surface area contributed by atoms with E-state index in [1.807, 2.05) is 6.92 Å². The number of anilines is 4. The number of aromatic nitrogens is 2. The molecular weight excluding hydrogens is 233 g/mol. The third-order valence-corrected chi connectivity index (χ3v) is 2.49. The third-order valence-electron chi connectivity index (χ3n) is 2.49. The number of nitrogens with two attached hydrogens (primary N) is 2. The van der Waals surface area contributed by atoms with Crippen molar-refractivity contribution in [2.75, 3.05) is 22.9 Å². The van der Waals surface area contributed by atoms with Crippen LogP contribution in [-0.2, 0) is 0 Å². The summed E-state index contributed by atoms with van der Waals surface area (Å²) in [7, 11) is 0. The number of nitrogen functional groups attached to an aromatic ring is 2. The van der Waals surface area contributed by atoms with E-state index < -0.39 is 0 Å². The SMILES string of the molecule is CCN(c1cc(N)nc(N)n1)c1ccccc1F. The first-order chi connectivity index (χ1) is 8.61. The van der Waals surface area contributed by atoms with Crippen LogP contribution in [0.2, 0.25) is 0 Å². The second kappa shape index (κ2) is 4.87. The van der Waals surface area contributed by atoms with E-state index in [1.165, 1.54) is 6.07 Å². The molecule has 0 bridgehead atoms. The van der Waals surface area contributed by atoms with Crippen molar-refractivity contribution in [2.45, 2.75) is 6.92 Å². The van der Waals surface area contributed by atoms with Crippen molar-refractivity contribution in [1.29, 1.82) is 0 Å². The maximum Gasteiger partial charge on any atom is 0.223 e. The maximum atomic E-state index is 13.8. The van der Waals surface area contributed by atoms with Crippen molar-refractivity contribution >= 4 is 23.3 Å². The largest absolute Gasteiger partial charge is 0.383 e.